The van der Waals surface area contributed by atoms with Crippen LogP contribution in [-0.2, 0) is 32.9 Å². The molecule has 1 rings (SSSR count). The summed E-state index contributed by atoms with van der Waals surface area (Å²) in [6, 6.07) is 0. The van der Waals surface area contributed by atoms with Crippen LogP contribution in [0.1, 0.15) is 53.9 Å². The molecule has 0 aromatic carbocycles. The lowest BCUT2D eigenvalue weighted by atomic mass is 9.85. The van der Waals surface area contributed by atoms with Crippen molar-refractivity contribution in [1.82, 2.24) is 9.34 Å². The molecule has 0 aromatic heterocycles. The molecule has 33 heavy (non-hydrogen) atoms. The summed E-state index contributed by atoms with van der Waals surface area (Å²) in [6.07, 6.45) is -0.480. The average Bonchev–Trinajstić information content (AvgIpc) is 2.99. The number of aliphatic hydroxyl groups is 1. The Morgan fingerprint density at radius 2 is 1.79 bits per heavy atom. The number of hydrogen-bond acceptors (Lipinski definition) is 8. The maximum atomic E-state index is 13.3. The van der Waals surface area contributed by atoms with E-state index in [2.05, 4.69) is 0 Å². The fourth-order valence-corrected chi connectivity index (χ4v) is 4.75. The molecule has 0 fully saturated rings. The van der Waals surface area contributed by atoms with Gasteiger partial charge in [0.2, 0.25) is 0 Å². The summed E-state index contributed by atoms with van der Waals surface area (Å²) in [5.41, 5.74) is -0.0554. The first-order chi connectivity index (χ1) is 15.1. The van der Waals surface area contributed by atoms with E-state index in [1.54, 1.807) is 35.1 Å². The zero-order chi connectivity index (χ0) is 25.6. The van der Waals surface area contributed by atoms with Gasteiger partial charge in [-0.2, -0.15) is 0 Å². The van der Waals surface area contributed by atoms with E-state index in [9.17, 15) is 19.3 Å². The molecule has 0 saturated carbocycles. The molecule has 0 bridgehead atoms. The van der Waals surface area contributed by atoms with Gasteiger partial charge >= 0.3 is 19.6 Å². The molecule has 0 spiro atoms. The van der Waals surface area contributed by atoms with Gasteiger partial charge in [-0.15, -0.1) is 0 Å². The van der Waals surface area contributed by atoms with E-state index in [1.165, 1.54) is 9.34 Å². The van der Waals surface area contributed by atoms with E-state index in [1.807, 2.05) is 27.7 Å². The maximum Gasteiger partial charge on any atom is 0.395 e. The lowest BCUT2D eigenvalue weighted by molar-refractivity contribution is -0.158. The molecule has 3 unspecified atom stereocenters. The van der Waals surface area contributed by atoms with Crippen molar-refractivity contribution >= 4 is 19.6 Å². The number of rotatable bonds is 13. The first-order valence-corrected chi connectivity index (χ1v) is 12.7. The molecule has 10 nitrogen and oxygen atoms in total. The summed E-state index contributed by atoms with van der Waals surface area (Å²) >= 11 is 0. The molecule has 0 aliphatic carbocycles. The third kappa shape index (κ3) is 8.28. The fraction of sp³-hybridized carbons (Fsp3) is 0.818. The van der Waals surface area contributed by atoms with Crippen LogP contribution in [0.25, 0.3) is 0 Å². The van der Waals surface area contributed by atoms with E-state index < -0.39 is 38.4 Å². The van der Waals surface area contributed by atoms with Crippen molar-refractivity contribution in [2.75, 3.05) is 41.4 Å². The van der Waals surface area contributed by atoms with Crippen molar-refractivity contribution in [2.45, 2.75) is 66.1 Å². The Labute approximate surface area is 197 Å². The predicted molar refractivity (Wildman–Crippen MR) is 124 cm³/mol. The summed E-state index contributed by atoms with van der Waals surface area (Å²) in [5, 5.41) is 10.7. The van der Waals surface area contributed by atoms with Gasteiger partial charge in [-0.25, -0.2) is 18.7 Å². The standard InChI is InChI=1S/C22H41N2O8P/c1-10-11-12-29-18-17(16(25)14-30-20(26)15(2)13-22(3,4)5)31-21(27)19(18)32-33(28,23(6)7)24(8)9/h15-17,25H,10-14H2,1-9H3. The number of carbonyl (C=O) groups is 2. The molecular weight excluding hydrogens is 451 g/mol. The Kier molecular flexibility index (Phi) is 10.9. The van der Waals surface area contributed by atoms with Crippen molar-refractivity contribution in [2.24, 2.45) is 11.3 Å². The average molecular weight is 493 g/mol. The van der Waals surface area contributed by atoms with Gasteiger partial charge in [-0.05, 0) is 46.4 Å². The van der Waals surface area contributed by atoms with Crippen LogP contribution in [0, 0.1) is 11.3 Å². The fourth-order valence-electron chi connectivity index (χ4n) is 3.30. The second kappa shape index (κ2) is 12.2. The normalized spacial score (nSPS) is 19.0. The highest BCUT2D eigenvalue weighted by atomic mass is 31.2. The number of nitrogens with zero attached hydrogens (tertiary/aromatic N) is 2. The topological polar surface area (TPSA) is 115 Å². The van der Waals surface area contributed by atoms with E-state index in [0.29, 0.717) is 12.8 Å². The molecule has 3 atom stereocenters. The highest BCUT2D eigenvalue weighted by Gasteiger charge is 2.46. The van der Waals surface area contributed by atoms with Crippen LogP contribution in [-0.4, -0.2) is 80.0 Å². The lowest BCUT2D eigenvalue weighted by Crippen LogP contribution is -2.35. The number of carbonyl (C=O) groups excluding carboxylic acids is 2. The van der Waals surface area contributed by atoms with Crippen LogP contribution in [0.3, 0.4) is 0 Å². The third-order valence-electron chi connectivity index (χ3n) is 4.94. The molecule has 11 heteroatoms. The first kappa shape index (κ1) is 29.4. The van der Waals surface area contributed by atoms with Gasteiger partial charge in [-0.3, -0.25) is 4.79 Å². The number of ether oxygens (including phenoxy) is 3. The van der Waals surface area contributed by atoms with Gasteiger partial charge in [0.15, 0.2) is 11.9 Å². The second-order valence-electron chi connectivity index (χ2n) is 9.86. The number of unbranched alkanes of at least 4 members (excludes halogenated alkanes) is 1. The van der Waals surface area contributed by atoms with Crippen molar-refractivity contribution in [3.63, 3.8) is 0 Å². The minimum absolute atomic E-state index is 0.0522. The molecule has 1 aliphatic heterocycles. The molecule has 1 aliphatic rings. The van der Waals surface area contributed by atoms with Crippen LogP contribution >= 0.6 is 7.67 Å². The largest absolute Gasteiger partial charge is 0.490 e. The Bertz CT molecular complexity index is 748. The van der Waals surface area contributed by atoms with E-state index in [-0.39, 0.29) is 29.5 Å². The smallest absolute Gasteiger partial charge is 0.395 e. The molecule has 0 saturated heterocycles. The van der Waals surface area contributed by atoms with E-state index >= 15 is 0 Å². The summed E-state index contributed by atoms with van der Waals surface area (Å²) in [5.74, 6) is -2.12. The summed E-state index contributed by atoms with van der Waals surface area (Å²) in [4.78, 5) is 24.9. The highest BCUT2D eigenvalue weighted by molar-refractivity contribution is 7.54. The number of esters is 2. The summed E-state index contributed by atoms with van der Waals surface area (Å²) in [6.45, 7) is 9.67. The number of hydrogen-bond donors (Lipinski definition) is 1. The molecule has 0 aromatic rings. The van der Waals surface area contributed by atoms with E-state index in [4.69, 9.17) is 18.7 Å². The second-order valence-corrected chi connectivity index (χ2v) is 12.6. The quantitative estimate of drug-likeness (QED) is 0.234. The van der Waals surface area contributed by atoms with Crippen molar-refractivity contribution < 1.29 is 38.0 Å². The summed E-state index contributed by atoms with van der Waals surface area (Å²) in [7, 11) is 2.65. The van der Waals surface area contributed by atoms with Gasteiger partial charge < -0.3 is 23.8 Å². The van der Waals surface area contributed by atoms with Crippen LogP contribution in [0.15, 0.2) is 11.5 Å². The van der Waals surface area contributed by atoms with Crippen LogP contribution in [0.4, 0.5) is 0 Å². The molecule has 1 heterocycles. The third-order valence-corrected chi connectivity index (χ3v) is 7.39. The van der Waals surface area contributed by atoms with Gasteiger partial charge in [0.1, 0.15) is 12.7 Å². The molecule has 0 amide bonds. The molecule has 0 radical (unpaired) electrons. The maximum absolute atomic E-state index is 13.3. The number of cyclic esters (lactones) is 1. The SMILES string of the molecule is CCCCOC1=C(OP(=O)(N(C)C)N(C)C)C(=O)OC1C(O)COC(=O)C(C)CC(C)(C)C. The highest BCUT2D eigenvalue weighted by Crippen LogP contribution is 2.53. The predicted octanol–water partition coefficient (Wildman–Crippen LogP) is 3.16. The van der Waals surface area contributed by atoms with Crippen molar-refractivity contribution in [3.8, 4) is 0 Å². The Hall–Kier alpha value is -1.61. The zero-order valence-corrected chi connectivity index (χ0v) is 22.3. The van der Waals surface area contributed by atoms with Gasteiger partial charge in [0.05, 0.1) is 12.5 Å². The van der Waals surface area contributed by atoms with Gasteiger partial charge in [0, 0.05) is 0 Å². The molecule has 1 N–H and O–H groups in total. The lowest BCUT2D eigenvalue weighted by Gasteiger charge is -2.29. The van der Waals surface area contributed by atoms with Crippen molar-refractivity contribution in [1.29, 1.82) is 0 Å². The summed E-state index contributed by atoms with van der Waals surface area (Å²) < 4.78 is 37.9. The monoisotopic (exact) mass is 492 g/mol. The zero-order valence-electron chi connectivity index (χ0n) is 21.4. The minimum atomic E-state index is -3.59. The molecule has 192 valence electrons. The van der Waals surface area contributed by atoms with Gasteiger partial charge in [0.25, 0.3) is 5.76 Å². The van der Waals surface area contributed by atoms with E-state index in [0.717, 1.165) is 6.42 Å². The van der Waals surface area contributed by atoms with Crippen LogP contribution < -0.4 is 0 Å². The van der Waals surface area contributed by atoms with Crippen LogP contribution in [0.2, 0.25) is 0 Å². The first-order valence-electron chi connectivity index (χ1n) is 11.2. The minimum Gasteiger partial charge on any atom is -0.490 e. The Balaban J connectivity index is 3.07. The Morgan fingerprint density at radius 1 is 1.21 bits per heavy atom. The number of aliphatic hydroxyl groups excluding tert-OH is 1. The molecular formula is C22H41N2O8P. The van der Waals surface area contributed by atoms with Crippen LogP contribution in [0.5, 0.6) is 0 Å². The Morgan fingerprint density at radius 3 is 2.27 bits per heavy atom. The van der Waals surface area contributed by atoms with Gasteiger partial charge in [-0.1, -0.05) is 41.0 Å². The van der Waals surface area contributed by atoms with Crippen molar-refractivity contribution in [3.05, 3.63) is 11.5 Å².